The van der Waals surface area contributed by atoms with Crippen molar-refractivity contribution in [2.24, 2.45) is 0 Å². The van der Waals surface area contributed by atoms with Crippen molar-refractivity contribution >= 4 is 33.2 Å². The van der Waals surface area contributed by atoms with Crippen molar-refractivity contribution in [3.63, 3.8) is 0 Å². The molecule has 3 aromatic rings. The fraction of sp³-hybridized carbons (Fsp3) is 0.286. The molecule has 2 aliphatic rings. The molecule has 1 N–H and O–H groups in total. The quantitative estimate of drug-likeness (QED) is 0.559. The van der Waals surface area contributed by atoms with Gasteiger partial charge in [0.15, 0.2) is 12.4 Å². The van der Waals surface area contributed by atoms with Crippen molar-refractivity contribution in [2.75, 3.05) is 11.5 Å². The predicted octanol–water partition coefficient (Wildman–Crippen LogP) is 3.00. The van der Waals surface area contributed by atoms with Gasteiger partial charge in [0.1, 0.15) is 5.75 Å². The number of benzene rings is 2. The average Bonchev–Trinajstić information content (AvgIpc) is 3.53. The van der Waals surface area contributed by atoms with E-state index < -0.39 is 10.0 Å². The van der Waals surface area contributed by atoms with Gasteiger partial charge in [0.25, 0.3) is 5.91 Å². The summed E-state index contributed by atoms with van der Waals surface area (Å²) in [5.74, 6) is 1.30. The van der Waals surface area contributed by atoms with Gasteiger partial charge in [0, 0.05) is 17.5 Å². The van der Waals surface area contributed by atoms with Gasteiger partial charge in [-0.1, -0.05) is 35.0 Å². The summed E-state index contributed by atoms with van der Waals surface area (Å²) >= 11 is 6.12. The molecule has 1 aliphatic heterocycles. The van der Waals surface area contributed by atoms with Crippen LogP contribution in [0, 0.1) is 0 Å². The molecule has 2 aromatic carbocycles. The molecular formula is C21H19ClN4O5S. The standard InChI is InChI=1S/C21H19ClN4O5S/c22-16-4-2-1-3-14(16)10-23-32(28,29)15-7-8-18-17(9-15)26(20(27)12-30-18)11-19-24-21(31-25-19)13-5-6-13/h1-4,7-9,13,23H,5-6,10-12H2. The maximum atomic E-state index is 12.9. The molecule has 0 bridgehead atoms. The molecular weight excluding hydrogens is 456 g/mol. The van der Waals surface area contributed by atoms with Crippen molar-refractivity contribution < 1.29 is 22.5 Å². The van der Waals surface area contributed by atoms with Crippen molar-refractivity contribution in [3.05, 3.63) is 64.8 Å². The lowest BCUT2D eigenvalue weighted by atomic mass is 10.2. The predicted molar refractivity (Wildman–Crippen MR) is 115 cm³/mol. The minimum absolute atomic E-state index is 0.00150. The largest absolute Gasteiger partial charge is 0.482 e. The van der Waals surface area contributed by atoms with Crippen LogP contribution < -0.4 is 14.4 Å². The Balaban J connectivity index is 1.39. The van der Waals surface area contributed by atoms with Gasteiger partial charge in [0.2, 0.25) is 15.9 Å². The third kappa shape index (κ3) is 4.21. The monoisotopic (exact) mass is 474 g/mol. The fourth-order valence-electron chi connectivity index (χ4n) is 3.39. The molecule has 2 heterocycles. The zero-order valence-electron chi connectivity index (χ0n) is 16.8. The first-order chi connectivity index (χ1) is 15.4. The highest BCUT2D eigenvalue weighted by atomic mass is 35.5. The molecule has 166 valence electrons. The highest BCUT2D eigenvalue weighted by Gasteiger charge is 2.32. The van der Waals surface area contributed by atoms with Gasteiger partial charge in [-0.15, -0.1) is 0 Å². The van der Waals surface area contributed by atoms with Gasteiger partial charge < -0.3 is 9.26 Å². The SMILES string of the molecule is O=C1COc2ccc(S(=O)(=O)NCc3ccccc3Cl)cc2N1Cc1noc(C2CC2)n1. The lowest BCUT2D eigenvalue weighted by Crippen LogP contribution is -2.38. The summed E-state index contributed by atoms with van der Waals surface area (Å²) < 4.78 is 39.1. The molecule has 1 saturated carbocycles. The smallest absolute Gasteiger partial charge is 0.265 e. The second-order valence-electron chi connectivity index (χ2n) is 7.64. The summed E-state index contributed by atoms with van der Waals surface area (Å²) in [7, 11) is -3.87. The number of rotatable bonds is 7. The minimum Gasteiger partial charge on any atom is -0.482 e. The molecule has 1 aromatic heterocycles. The first kappa shape index (κ1) is 20.9. The second-order valence-corrected chi connectivity index (χ2v) is 9.81. The molecule has 0 unspecified atom stereocenters. The summed E-state index contributed by atoms with van der Waals surface area (Å²) in [6.07, 6.45) is 2.03. The van der Waals surface area contributed by atoms with Crippen LogP contribution in [0.25, 0.3) is 0 Å². The third-order valence-electron chi connectivity index (χ3n) is 5.30. The molecule has 11 heteroatoms. The highest BCUT2D eigenvalue weighted by Crippen LogP contribution is 2.39. The number of hydrogen-bond acceptors (Lipinski definition) is 7. The molecule has 0 radical (unpaired) electrons. The number of aromatic nitrogens is 2. The number of anilines is 1. The van der Waals surface area contributed by atoms with Gasteiger partial charge in [-0.25, -0.2) is 13.1 Å². The van der Waals surface area contributed by atoms with Crippen molar-refractivity contribution in [3.8, 4) is 5.75 Å². The van der Waals surface area contributed by atoms with Crippen molar-refractivity contribution in [1.82, 2.24) is 14.9 Å². The number of halogens is 1. The molecule has 1 aliphatic carbocycles. The Morgan fingerprint density at radius 3 is 2.78 bits per heavy atom. The van der Waals surface area contributed by atoms with Crippen molar-refractivity contribution in [1.29, 1.82) is 0 Å². The Morgan fingerprint density at radius 1 is 1.19 bits per heavy atom. The topological polar surface area (TPSA) is 115 Å². The zero-order valence-corrected chi connectivity index (χ0v) is 18.4. The average molecular weight is 475 g/mol. The van der Waals surface area contributed by atoms with Gasteiger partial charge in [-0.05, 0) is 42.7 Å². The minimum atomic E-state index is -3.87. The number of hydrogen-bond donors (Lipinski definition) is 1. The molecule has 1 fully saturated rings. The van der Waals surface area contributed by atoms with Crippen LogP contribution in [0.15, 0.2) is 51.9 Å². The second kappa shape index (κ2) is 8.19. The summed E-state index contributed by atoms with van der Waals surface area (Å²) in [5.41, 5.74) is 0.985. The summed E-state index contributed by atoms with van der Waals surface area (Å²) in [4.78, 5) is 18.3. The highest BCUT2D eigenvalue weighted by molar-refractivity contribution is 7.89. The lowest BCUT2D eigenvalue weighted by molar-refractivity contribution is -0.121. The van der Waals surface area contributed by atoms with E-state index in [0.717, 1.165) is 12.8 Å². The van der Waals surface area contributed by atoms with E-state index in [-0.39, 0.29) is 30.5 Å². The number of ether oxygens (including phenoxy) is 1. The molecule has 0 spiro atoms. The Hall–Kier alpha value is -2.95. The van der Waals surface area contributed by atoms with Crippen LogP contribution in [0.4, 0.5) is 5.69 Å². The molecule has 0 atom stereocenters. The van der Waals surface area contributed by atoms with E-state index in [4.69, 9.17) is 20.9 Å². The number of nitrogens with zero attached hydrogens (tertiary/aromatic N) is 3. The van der Waals surface area contributed by atoms with Crippen LogP contribution >= 0.6 is 11.6 Å². The molecule has 1 amide bonds. The number of fused-ring (bicyclic) bond motifs is 1. The third-order valence-corrected chi connectivity index (χ3v) is 7.07. The van der Waals surface area contributed by atoms with Crippen LogP contribution in [-0.4, -0.2) is 31.1 Å². The van der Waals surface area contributed by atoms with Crippen LogP contribution in [0.5, 0.6) is 5.75 Å². The zero-order chi connectivity index (χ0) is 22.3. The van der Waals surface area contributed by atoms with E-state index in [0.29, 0.717) is 39.7 Å². The fourth-order valence-corrected chi connectivity index (χ4v) is 4.62. The maximum Gasteiger partial charge on any atom is 0.265 e. The van der Waals surface area contributed by atoms with E-state index in [1.165, 1.54) is 23.1 Å². The van der Waals surface area contributed by atoms with E-state index >= 15 is 0 Å². The van der Waals surface area contributed by atoms with Crippen LogP contribution in [0.2, 0.25) is 5.02 Å². The maximum absolute atomic E-state index is 12.9. The first-order valence-electron chi connectivity index (χ1n) is 10.0. The van der Waals surface area contributed by atoms with E-state index in [9.17, 15) is 13.2 Å². The molecule has 0 saturated heterocycles. The molecule has 32 heavy (non-hydrogen) atoms. The molecule has 5 rings (SSSR count). The van der Waals surface area contributed by atoms with Crippen LogP contribution in [0.3, 0.4) is 0 Å². The van der Waals surface area contributed by atoms with Gasteiger partial charge >= 0.3 is 0 Å². The van der Waals surface area contributed by atoms with Gasteiger partial charge in [-0.3, -0.25) is 9.69 Å². The summed E-state index contributed by atoms with van der Waals surface area (Å²) in [6, 6.07) is 11.4. The lowest BCUT2D eigenvalue weighted by Gasteiger charge is -2.28. The number of nitrogens with one attached hydrogen (secondary N) is 1. The number of carbonyl (C=O) groups excluding carboxylic acids is 1. The first-order valence-corrected chi connectivity index (χ1v) is 11.9. The Morgan fingerprint density at radius 2 is 2.00 bits per heavy atom. The number of carbonyl (C=O) groups is 1. The Kier molecular flexibility index (Phi) is 5.36. The summed E-state index contributed by atoms with van der Waals surface area (Å²) in [6.45, 7) is -0.0653. The van der Waals surface area contributed by atoms with Gasteiger partial charge in [-0.2, -0.15) is 4.98 Å². The number of amides is 1. The van der Waals surface area contributed by atoms with E-state index in [1.807, 2.05) is 0 Å². The van der Waals surface area contributed by atoms with Crippen LogP contribution in [-0.2, 0) is 27.9 Å². The summed E-state index contributed by atoms with van der Waals surface area (Å²) in [5, 5.41) is 4.43. The van der Waals surface area contributed by atoms with Crippen LogP contribution in [0.1, 0.15) is 36.0 Å². The molecule has 9 nitrogen and oxygen atoms in total. The number of sulfonamides is 1. The van der Waals surface area contributed by atoms with Gasteiger partial charge in [0.05, 0.1) is 17.1 Å². The van der Waals surface area contributed by atoms with E-state index in [2.05, 4.69) is 14.9 Å². The Labute approximate surface area is 189 Å². The van der Waals surface area contributed by atoms with E-state index in [1.54, 1.807) is 24.3 Å². The Bertz CT molecular complexity index is 1290. The van der Waals surface area contributed by atoms with Crippen molar-refractivity contribution in [2.45, 2.75) is 36.7 Å². The normalized spacial score (nSPS) is 16.0.